The zero-order valence-electron chi connectivity index (χ0n) is 15.9. The summed E-state index contributed by atoms with van der Waals surface area (Å²) >= 11 is 0. The Morgan fingerprint density at radius 3 is 2.46 bits per heavy atom. The maximum Gasteiger partial charge on any atom is 0.142 e. The van der Waals surface area contributed by atoms with Crippen LogP contribution in [0.25, 0.3) is 22.4 Å². The van der Waals surface area contributed by atoms with Crippen molar-refractivity contribution in [1.29, 1.82) is 5.26 Å². The molecule has 0 unspecified atom stereocenters. The van der Waals surface area contributed by atoms with Crippen LogP contribution in [0.5, 0.6) is 11.5 Å². The highest BCUT2D eigenvalue weighted by atomic mass is 16.5. The quantitative estimate of drug-likeness (QED) is 0.675. The van der Waals surface area contributed by atoms with E-state index in [9.17, 15) is 10.4 Å². The van der Waals surface area contributed by atoms with Gasteiger partial charge in [-0.25, -0.2) is 4.98 Å². The summed E-state index contributed by atoms with van der Waals surface area (Å²) in [5.74, 6) is 1.27. The van der Waals surface area contributed by atoms with Crippen molar-refractivity contribution in [1.82, 2.24) is 14.8 Å². The van der Waals surface area contributed by atoms with E-state index in [1.807, 2.05) is 13.0 Å². The molecule has 144 valence electrons. The lowest BCUT2D eigenvalue weighted by Gasteiger charge is -2.15. The van der Waals surface area contributed by atoms with Gasteiger partial charge in [-0.1, -0.05) is 6.07 Å². The zero-order valence-corrected chi connectivity index (χ0v) is 15.9. The minimum Gasteiger partial charge on any atom is -0.496 e. The number of nitriles is 1. The molecule has 0 aliphatic heterocycles. The van der Waals surface area contributed by atoms with E-state index in [-0.39, 0.29) is 18.0 Å². The van der Waals surface area contributed by atoms with Gasteiger partial charge in [0.05, 0.1) is 44.3 Å². The Labute approximate surface area is 162 Å². The number of benzene rings is 1. The third kappa shape index (κ3) is 3.35. The maximum atomic E-state index is 9.64. The first-order valence-electron chi connectivity index (χ1n) is 8.61. The van der Waals surface area contributed by atoms with Crippen molar-refractivity contribution in [2.75, 3.05) is 26.6 Å². The van der Waals surface area contributed by atoms with Crippen LogP contribution in [0.3, 0.4) is 0 Å². The molecule has 0 saturated carbocycles. The van der Waals surface area contributed by atoms with Crippen LogP contribution in [-0.4, -0.2) is 40.7 Å². The van der Waals surface area contributed by atoms with Gasteiger partial charge in [-0.05, 0) is 25.1 Å². The van der Waals surface area contributed by atoms with Crippen LogP contribution < -0.4 is 15.2 Å². The van der Waals surface area contributed by atoms with E-state index in [1.165, 1.54) is 0 Å². The van der Waals surface area contributed by atoms with Crippen molar-refractivity contribution >= 4 is 5.82 Å². The molecule has 1 aromatic carbocycles. The highest BCUT2D eigenvalue weighted by molar-refractivity contribution is 5.84. The number of methoxy groups -OCH3 is 2. The van der Waals surface area contributed by atoms with Crippen molar-refractivity contribution in [3.63, 3.8) is 0 Å². The Bertz CT molecular complexity index is 1030. The number of pyridine rings is 1. The molecule has 8 nitrogen and oxygen atoms in total. The van der Waals surface area contributed by atoms with E-state index in [0.717, 1.165) is 5.56 Å². The number of nitrogen functional groups attached to an aromatic ring is 1. The second kappa shape index (κ2) is 7.98. The number of nitrogens with two attached hydrogens (primary N) is 1. The van der Waals surface area contributed by atoms with E-state index in [4.69, 9.17) is 15.2 Å². The molecule has 3 aromatic rings. The molecule has 0 atom stereocenters. The maximum absolute atomic E-state index is 9.64. The van der Waals surface area contributed by atoms with Gasteiger partial charge in [-0.2, -0.15) is 10.4 Å². The van der Waals surface area contributed by atoms with Gasteiger partial charge in [-0.3, -0.25) is 4.68 Å². The Balaban J connectivity index is 2.28. The normalized spacial score (nSPS) is 10.5. The molecular weight excluding hydrogens is 358 g/mol. The number of hydrogen-bond acceptors (Lipinski definition) is 7. The fourth-order valence-corrected chi connectivity index (χ4v) is 3.13. The summed E-state index contributed by atoms with van der Waals surface area (Å²) in [5, 5.41) is 23.2. The summed E-state index contributed by atoms with van der Waals surface area (Å²) in [7, 11) is 3.13. The van der Waals surface area contributed by atoms with Crippen LogP contribution in [0, 0.1) is 18.3 Å². The molecule has 8 heteroatoms. The molecule has 3 rings (SSSR count). The summed E-state index contributed by atoms with van der Waals surface area (Å²) in [4.78, 5) is 4.42. The molecule has 0 bridgehead atoms. The largest absolute Gasteiger partial charge is 0.496 e. The average Bonchev–Trinajstić information content (AvgIpc) is 3.06. The molecule has 3 N–H and O–H groups in total. The van der Waals surface area contributed by atoms with E-state index < -0.39 is 0 Å². The first kappa shape index (κ1) is 19.2. The highest BCUT2D eigenvalue weighted by Crippen LogP contribution is 2.40. The number of aryl methyl sites for hydroxylation is 1. The van der Waals surface area contributed by atoms with E-state index in [2.05, 4.69) is 16.2 Å². The Hall–Kier alpha value is -3.57. The lowest BCUT2D eigenvalue weighted by molar-refractivity contribution is 0.269. The van der Waals surface area contributed by atoms with Gasteiger partial charge in [0, 0.05) is 17.3 Å². The second-order valence-corrected chi connectivity index (χ2v) is 6.08. The van der Waals surface area contributed by atoms with Crippen LogP contribution in [0.2, 0.25) is 0 Å². The second-order valence-electron chi connectivity index (χ2n) is 6.08. The number of aliphatic hydroxyl groups is 1. The Morgan fingerprint density at radius 2 is 1.89 bits per heavy atom. The number of nitrogens with zero attached hydrogens (tertiary/aromatic N) is 4. The van der Waals surface area contributed by atoms with Crippen molar-refractivity contribution in [3.05, 3.63) is 41.7 Å². The number of anilines is 1. The Kier molecular flexibility index (Phi) is 5.47. The summed E-state index contributed by atoms with van der Waals surface area (Å²) in [6, 6.07) is 9.34. The summed E-state index contributed by atoms with van der Waals surface area (Å²) in [6.45, 7) is 2.16. The topological polar surface area (TPSA) is 119 Å². The van der Waals surface area contributed by atoms with Gasteiger partial charge in [0.1, 0.15) is 28.9 Å². The molecule has 0 radical (unpaired) electrons. The van der Waals surface area contributed by atoms with Crippen molar-refractivity contribution in [3.8, 4) is 40.0 Å². The molecule has 28 heavy (non-hydrogen) atoms. The minimum absolute atomic E-state index is 0.0339. The minimum atomic E-state index is -0.0339. The van der Waals surface area contributed by atoms with Gasteiger partial charge in [0.25, 0.3) is 0 Å². The number of ether oxygens (including phenoxy) is 2. The van der Waals surface area contributed by atoms with Crippen LogP contribution in [0.15, 0.2) is 30.5 Å². The lowest BCUT2D eigenvalue weighted by Crippen LogP contribution is -2.02. The fourth-order valence-electron chi connectivity index (χ4n) is 3.13. The van der Waals surface area contributed by atoms with Crippen LogP contribution >= 0.6 is 0 Å². The standard InChI is InChI=1S/C20H21N5O3/c1-12-15(11-25(24-12)7-8-26)13-9-16(23-20(22)14(13)10-21)19-17(27-2)5-4-6-18(19)28-3/h4-6,9,11,26H,7-8H2,1-3H3,(H2,22,23). The summed E-state index contributed by atoms with van der Waals surface area (Å²) < 4.78 is 12.6. The molecule has 0 amide bonds. The van der Waals surface area contributed by atoms with Crippen molar-refractivity contribution < 1.29 is 14.6 Å². The average molecular weight is 379 g/mol. The van der Waals surface area contributed by atoms with Crippen LogP contribution in [-0.2, 0) is 6.54 Å². The lowest BCUT2D eigenvalue weighted by atomic mass is 9.98. The third-order valence-corrected chi connectivity index (χ3v) is 4.41. The highest BCUT2D eigenvalue weighted by Gasteiger charge is 2.20. The predicted molar refractivity (Wildman–Crippen MR) is 105 cm³/mol. The molecule has 2 aromatic heterocycles. The molecule has 0 saturated heterocycles. The Morgan fingerprint density at radius 1 is 1.21 bits per heavy atom. The van der Waals surface area contributed by atoms with Crippen LogP contribution in [0.1, 0.15) is 11.3 Å². The van der Waals surface area contributed by atoms with Crippen molar-refractivity contribution in [2.24, 2.45) is 0 Å². The zero-order chi connectivity index (χ0) is 20.3. The SMILES string of the molecule is COc1cccc(OC)c1-c1cc(-c2cn(CCO)nc2C)c(C#N)c(N)n1. The van der Waals surface area contributed by atoms with Gasteiger partial charge in [0.15, 0.2) is 0 Å². The smallest absolute Gasteiger partial charge is 0.142 e. The predicted octanol–water partition coefficient (Wildman–Crippen LogP) is 2.38. The monoisotopic (exact) mass is 379 g/mol. The van der Waals surface area contributed by atoms with Crippen LogP contribution in [0.4, 0.5) is 5.82 Å². The first-order chi connectivity index (χ1) is 13.5. The number of hydrogen-bond donors (Lipinski definition) is 2. The molecule has 0 aliphatic carbocycles. The van der Waals surface area contributed by atoms with Gasteiger partial charge >= 0.3 is 0 Å². The number of aromatic nitrogens is 3. The molecule has 0 fully saturated rings. The third-order valence-electron chi connectivity index (χ3n) is 4.41. The van der Waals surface area contributed by atoms with Gasteiger partial charge in [0.2, 0.25) is 0 Å². The molecule has 2 heterocycles. The molecular formula is C20H21N5O3. The van der Waals surface area contributed by atoms with Crippen molar-refractivity contribution in [2.45, 2.75) is 13.5 Å². The molecule has 0 aliphatic rings. The van der Waals surface area contributed by atoms with E-state index in [1.54, 1.807) is 43.3 Å². The van der Waals surface area contributed by atoms with Gasteiger partial charge in [-0.15, -0.1) is 0 Å². The summed E-state index contributed by atoms with van der Waals surface area (Å²) in [6.07, 6.45) is 1.78. The number of rotatable bonds is 6. The fraction of sp³-hybridized carbons (Fsp3) is 0.250. The molecule has 0 spiro atoms. The summed E-state index contributed by atoms with van der Waals surface area (Å²) in [5.41, 5.74) is 9.63. The first-order valence-corrected chi connectivity index (χ1v) is 8.61. The van der Waals surface area contributed by atoms with Gasteiger partial charge < -0.3 is 20.3 Å². The van der Waals surface area contributed by atoms with E-state index in [0.29, 0.717) is 40.6 Å². The number of aliphatic hydroxyl groups excluding tert-OH is 1. The van der Waals surface area contributed by atoms with E-state index >= 15 is 0 Å².